The summed E-state index contributed by atoms with van der Waals surface area (Å²) in [5, 5.41) is 8.37. The van der Waals surface area contributed by atoms with Crippen LogP contribution in [0.3, 0.4) is 0 Å². The fraction of sp³-hybridized carbons (Fsp3) is 0.200. The predicted octanol–water partition coefficient (Wildman–Crippen LogP) is 2.05. The number of ether oxygens (including phenoxy) is 2. The fourth-order valence-corrected chi connectivity index (χ4v) is 2.26. The normalized spacial score (nSPS) is 10.5. The molecule has 0 saturated heterocycles. The van der Waals surface area contributed by atoms with Gasteiger partial charge in [0.2, 0.25) is 0 Å². The molecule has 0 radical (unpaired) electrons. The van der Waals surface area contributed by atoms with E-state index in [4.69, 9.17) is 9.47 Å². The van der Waals surface area contributed by atoms with Gasteiger partial charge in [-0.15, -0.1) is 10.2 Å². The summed E-state index contributed by atoms with van der Waals surface area (Å²) in [6.45, 7) is 1.86. The Hall–Kier alpha value is -2.96. The molecule has 1 aromatic carbocycles. The van der Waals surface area contributed by atoms with Crippen molar-refractivity contribution in [3.05, 3.63) is 42.6 Å². The number of aryl methyl sites for hydroxylation is 1. The van der Waals surface area contributed by atoms with E-state index in [2.05, 4.69) is 20.2 Å². The van der Waals surface area contributed by atoms with E-state index in [0.717, 1.165) is 5.69 Å². The number of hydrogen-bond acceptors (Lipinski definition) is 6. The van der Waals surface area contributed by atoms with Gasteiger partial charge in [0.05, 0.1) is 20.4 Å². The molecule has 0 saturated carbocycles. The molecule has 3 aromatic rings. The first-order chi connectivity index (χ1) is 10.8. The number of methoxy groups -OCH3 is 2. The SMILES string of the molecule is COc1cccc(OC)c1-n1c(C)nnc1-c1cnccn1. The molecule has 0 spiro atoms. The minimum absolute atomic E-state index is 0.577. The van der Waals surface area contributed by atoms with Crippen LogP contribution >= 0.6 is 0 Å². The maximum Gasteiger partial charge on any atom is 0.189 e. The third-order valence-corrected chi connectivity index (χ3v) is 3.24. The molecule has 112 valence electrons. The van der Waals surface area contributed by atoms with Gasteiger partial charge in [0.1, 0.15) is 28.7 Å². The Morgan fingerprint density at radius 2 is 1.73 bits per heavy atom. The summed E-state index contributed by atoms with van der Waals surface area (Å²) in [4.78, 5) is 8.38. The summed E-state index contributed by atoms with van der Waals surface area (Å²) in [6.07, 6.45) is 4.87. The lowest BCUT2D eigenvalue weighted by molar-refractivity contribution is 0.391. The lowest BCUT2D eigenvalue weighted by Crippen LogP contribution is -2.05. The van der Waals surface area contributed by atoms with E-state index < -0.39 is 0 Å². The molecule has 0 unspecified atom stereocenters. The smallest absolute Gasteiger partial charge is 0.189 e. The first kappa shape index (κ1) is 14.0. The van der Waals surface area contributed by atoms with Crippen LogP contribution in [-0.2, 0) is 0 Å². The van der Waals surface area contributed by atoms with Crippen molar-refractivity contribution in [3.63, 3.8) is 0 Å². The quantitative estimate of drug-likeness (QED) is 0.733. The molecule has 7 heteroatoms. The largest absolute Gasteiger partial charge is 0.494 e. The molecule has 0 bridgehead atoms. The number of hydrogen-bond donors (Lipinski definition) is 0. The van der Waals surface area contributed by atoms with Gasteiger partial charge < -0.3 is 9.47 Å². The molecular weight excluding hydrogens is 282 g/mol. The molecule has 0 N–H and O–H groups in total. The van der Waals surface area contributed by atoms with Gasteiger partial charge in [-0.05, 0) is 19.1 Å². The highest BCUT2D eigenvalue weighted by Gasteiger charge is 2.20. The Bertz CT molecular complexity index is 764. The summed E-state index contributed by atoms with van der Waals surface area (Å²) in [5.41, 5.74) is 1.35. The van der Waals surface area contributed by atoms with Crippen LogP contribution in [0.1, 0.15) is 5.82 Å². The van der Waals surface area contributed by atoms with E-state index in [1.165, 1.54) is 0 Å². The molecule has 0 aliphatic carbocycles. The zero-order valence-corrected chi connectivity index (χ0v) is 12.5. The number of aromatic nitrogens is 5. The van der Waals surface area contributed by atoms with Crippen LogP contribution in [0.4, 0.5) is 0 Å². The highest BCUT2D eigenvalue weighted by molar-refractivity contribution is 5.63. The lowest BCUT2D eigenvalue weighted by Gasteiger charge is -2.16. The summed E-state index contributed by atoms with van der Waals surface area (Å²) in [6, 6.07) is 5.58. The van der Waals surface area contributed by atoms with Crippen molar-refractivity contribution in [3.8, 4) is 28.7 Å². The first-order valence-electron chi connectivity index (χ1n) is 6.66. The van der Waals surface area contributed by atoms with Crippen molar-refractivity contribution in [1.82, 2.24) is 24.7 Å². The minimum atomic E-state index is 0.577. The average Bonchev–Trinajstić information content (AvgIpc) is 2.96. The van der Waals surface area contributed by atoms with Gasteiger partial charge in [-0.2, -0.15) is 0 Å². The second kappa shape index (κ2) is 5.80. The number of nitrogens with zero attached hydrogens (tertiary/aromatic N) is 5. The van der Waals surface area contributed by atoms with Gasteiger partial charge >= 0.3 is 0 Å². The van der Waals surface area contributed by atoms with E-state index >= 15 is 0 Å². The number of para-hydroxylation sites is 1. The molecule has 2 aromatic heterocycles. The topological polar surface area (TPSA) is 75.0 Å². The van der Waals surface area contributed by atoms with E-state index in [1.54, 1.807) is 32.8 Å². The highest BCUT2D eigenvalue weighted by Crippen LogP contribution is 2.35. The van der Waals surface area contributed by atoms with E-state index in [-0.39, 0.29) is 0 Å². The first-order valence-corrected chi connectivity index (χ1v) is 6.66. The third kappa shape index (κ3) is 2.26. The Kier molecular flexibility index (Phi) is 3.69. The third-order valence-electron chi connectivity index (χ3n) is 3.24. The number of rotatable bonds is 4. The van der Waals surface area contributed by atoms with Crippen LogP contribution in [0.5, 0.6) is 11.5 Å². The summed E-state index contributed by atoms with van der Waals surface area (Å²) in [7, 11) is 3.22. The summed E-state index contributed by atoms with van der Waals surface area (Å²) >= 11 is 0. The summed E-state index contributed by atoms with van der Waals surface area (Å²) in [5.74, 6) is 2.59. The second-order valence-corrected chi connectivity index (χ2v) is 4.51. The van der Waals surface area contributed by atoms with E-state index in [1.807, 2.05) is 29.7 Å². The Balaban J connectivity index is 2.28. The molecule has 0 fully saturated rings. The molecule has 0 amide bonds. The van der Waals surface area contributed by atoms with E-state index in [9.17, 15) is 0 Å². The van der Waals surface area contributed by atoms with Gasteiger partial charge in [-0.25, -0.2) is 4.98 Å². The molecule has 0 aliphatic rings. The van der Waals surface area contributed by atoms with Crippen molar-refractivity contribution < 1.29 is 9.47 Å². The van der Waals surface area contributed by atoms with Crippen molar-refractivity contribution in [2.75, 3.05) is 14.2 Å². The fourth-order valence-electron chi connectivity index (χ4n) is 2.26. The van der Waals surface area contributed by atoms with Crippen LogP contribution in [0.2, 0.25) is 0 Å². The van der Waals surface area contributed by atoms with Gasteiger partial charge in [0.15, 0.2) is 5.82 Å². The zero-order chi connectivity index (χ0) is 15.5. The Morgan fingerprint density at radius 1 is 1.00 bits per heavy atom. The Morgan fingerprint density at radius 3 is 2.32 bits per heavy atom. The molecule has 22 heavy (non-hydrogen) atoms. The highest BCUT2D eigenvalue weighted by atomic mass is 16.5. The maximum atomic E-state index is 5.47. The van der Waals surface area contributed by atoms with Gasteiger partial charge in [-0.1, -0.05) is 6.07 Å². The summed E-state index contributed by atoms with van der Waals surface area (Å²) < 4.78 is 12.8. The number of benzene rings is 1. The van der Waals surface area contributed by atoms with Crippen molar-refractivity contribution in [2.24, 2.45) is 0 Å². The average molecular weight is 297 g/mol. The van der Waals surface area contributed by atoms with E-state index in [0.29, 0.717) is 28.8 Å². The van der Waals surface area contributed by atoms with Gasteiger partial charge in [-0.3, -0.25) is 9.55 Å². The van der Waals surface area contributed by atoms with Crippen LogP contribution in [-0.4, -0.2) is 39.0 Å². The van der Waals surface area contributed by atoms with Gasteiger partial charge in [0, 0.05) is 12.4 Å². The van der Waals surface area contributed by atoms with Gasteiger partial charge in [0.25, 0.3) is 0 Å². The Labute approximate surface area is 127 Å². The van der Waals surface area contributed by atoms with Crippen molar-refractivity contribution in [2.45, 2.75) is 6.92 Å². The van der Waals surface area contributed by atoms with Crippen LogP contribution < -0.4 is 9.47 Å². The monoisotopic (exact) mass is 297 g/mol. The van der Waals surface area contributed by atoms with Crippen LogP contribution in [0, 0.1) is 6.92 Å². The molecule has 7 nitrogen and oxygen atoms in total. The van der Waals surface area contributed by atoms with Crippen molar-refractivity contribution >= 4 is 0 Å². The van der Waals surface area contributed by atoms with Crippen LogP contribution in [0.15, 0.2) is 36.8 Å². The molecule has 2 heterocycles. The standard InChI is InChI=1S/C15H15N5O2/c1-10-18-19-15(11-9-16-7-8-17-11)20(10)14-12(21-2)5-4-6-13(14)22-3/h4-9H,1-3H3. The predicted molar refractivity (Wildman–Crippen MR) is 80.2 cm³/mol. The van der Waals surface area contributed by atoms with Crippen LogP contribution in [0.25, 0.3) is 17.2 Å². The molecule has 0 atom stereocenters. The molecule has 3 rings (SSSR count). The molecular formula is C15H15N5O2. The molecule has 0 aliphatic heterocycles. The zero-order valence-electron chi connectivity index (χ0n) is 12.5. The maximum absolute atomic E-state index is 5.47. The van der Waals surface area contributed by atoms with Crippen molar-refractivity contribution in [1.29, 1.82) is 0 Å². The lowest BCUT2D eigenvalue weighted by atomic mass is 10.2. The minimum Gasteiger partial charge on any atom is -0.494 e. The second-order valence-electron chi connectivity index (χ2n) is 4.51.